The van der Waals surface area contributed by atoms with E-state index in [0.29, 0.717) is 0 Å². The minimum Gasteiger partial charge on any atom is -0.480 e. The molecule has 1 aromatic heterocycles. The van der Waals surface area contributed by atoms with Crippen LogP contribution in [0.3, 0.4) is 0 Å². The van der Waals surface area contributed by atoms with E-state index in [4.69, 9.17) is 15.5 Å². The molecule has 0 radical (unpaired) electrons. The number of benzene rings is 1. The monoisotopic (exact) mass is 299 g/mol. The molecule has 0 spiro atoms. The largest absolute Gasteiger partial charge is 0.480 e. The Morgan fingerprint density at radius 3 is 3.14 bits per heavy atom. The summed E-state index contributed by atoms with van der Waals surface area (Å²) in [6.07, 6.45) is 4.95. The molecular formula is C16H17N3OS. The number of hydrogen-bond donors (Lipinski definition) is 1. The van der Waals surface area contributed by atoms with Gasteiger partial charge in [-0.05, 0) is 31.4 Å². The van der Waals surface area contributed by atoms with Crippen molar-refractivity contribution >= 4 is 11.8 Å². The van der Waals surface area contributed by atoms with Crippen LogP contribution < -0.4 is 10.5 Å². The number of ether oxygens (including phenoxy) is 1. The fourth-order valence-corrected chi connectivity index (χ4v) is 3.88. The van der Waals surface area contributed by atoms with Gasteiger partial charge in [-0.25, -0.2) is 9.97 Å². The van der Waals surface area contributed by atoms with E-state index in [1.165, 1.54) is 4.90 Å². The van der Waals surface area contributed by atoms with E-state index in [1.807, 2.05) is 24.4 Å². The minimum absolute atomic E-state index is 0.0756. The Bertz CT molecular complexity index is 676. The fraction of sp³-hybridized carbons (Fsp3) is 0.375. The van der Waals surface area contributed by atoms with Crippen molar-refractivity contribution in [3.8, 4) is 5.75 Å². The molecule has 0 saturated heterocycles. The fourth-order valence-electron chi connectivity index (χ4n) is 2.90. The highest BCUT2D eigenvalue weighted by Crippen LogP contribution is 2.39. The number of nitrogens with two attached hydrogens (primary N) is 1. The van der Waals surface area contributed by atoms with Crippen molar-refractivity contribution in [2.45, 2.75) is 36.3 Å². The van der Waals surface area contributed by atoms with E-state index < -0.39 is 0 Å². The summed E-state index contributed by atoms with van der Waals surface area (Å²) in [6, 6.07) is 8.21. The van der Waals surface area contributed by atoms with Gasteiger partial charge in [0.05, 0.1) is 0 Å². The lowest BCUT2D eigenvalue weighted by molar-refractivity contribution is 0.209. The number of fused-ring (bicyclic) bond motifs is 2. The molecule has 0 saturated carbocycles. The van der Waals surface area contributed by atoms with Crippen molar-refractivity contribution in [1.82, 2.24) is 9.97 Å². The molecule has 1 aromatic carbocycles. The van der Waals surface area contributed by atoms with Gasteiger partial charge in [-0.2, -0.15) is 0 Å². The number of nitrogens with zero attached hydrogens (tertiary/aromatic N) is 2. The molecule has 2 heterocycles. The zero-order valence-corrected chi connectivity index (χ0v) is 12.5. The molecule has 4 rings (SSSR count). The van der Waals surface area contributed by atoms with Crippen molar-refractivity contribution < 1.29 is 4.74 Å². The highest BCUT2D eigenvalue weighted by molar-refractivity contribution is 7.99. The highest BCUT2D eigenvalue weighted by Gasteiger charge is 2.26. The van der Waals surface area contributed by atoms with Crippen LogP contribution in [-0.4, -0.2) is 15.7 Å². The number of thioether (sulfide) groups is 1. The number of para-hydroxylation sites is 1. The lowest BCUT2D eigenvalue weighted by Gasteiger charge is -2.26. The molecule has 2 aromatic rings. The Labute approximate surface area is 128 Å². The van der Waals surface area contributed by atoms with E-state index in [9.17, 15) is 0 Å². The van der Waals surface area contributed by atoms with Crippen LogP contribution in [0.1, 0.15) is 42.1 Å². The molecule has 2 unspecified atom stereocenters. The molecule has 4 nitrogen and oxygen atoms in total. The highest BCUT2D eigenvalue weighted by atomic mass is 32.2. The first-order valence-electron chi connectivity index (χ1n) is 7.31. The Morgan fingerprint density at radius 2 is 2.19 bits per heavy atom. The molecule has 2 aliphatic rings. The average molecular weight is 299 g/mol. The van der Waals surface area contributed by atoms with Crippen LogP contribution in [0.2, 0.25) is 0 Å². The predicted molar refractivity (Wildman–Crippen MR) is 82.4 cm³/mol. The quantitative estimate of drug-likeness (QED) is 0.877. The van der Waals surface area contributed by atoms with Gasteiger partial charge in [0, 0.05) is 34.1 Å². The Hall–Kier alpha value is -1.59. The summed E-state index contributed by atoms with van der Waals surface area (Å²) in [5, 5.41) is 0. The van der Waals surface area contributed by atoms with Crippen LogP contribution in [0.15, 0.2) is 35.4 Å². The van der Waals surface area contributed by atoms with Gasteiger partial charge < -0.3 is 10.5 Å². The summed E-state index contributed by atoms with van der Waals surface area (Å²) in [5.41, 5.74) is 8.33. The van der Waals surface area contributed by atoms with Crippen molar-refractivity contribution in [1.29, 1.82) is 0 Å². The Morgan fingerprint density at radius 1 is 1.29 bits per heavy atom. The average Bonchev–Trinajstić information content (AvgIpc) is 2.54. The predicted octanol–water partition coefficient (Wildman–Crippen LogP) is 3.04. The van der Waals surface area contributed by atoms with Crippen molar-refractivity contribution in [3.05, 3.63) is 47.5 Å². The second kappa shape index (κ2) is 5.31. The maximum atomic E-state index is 6.12. The molecule has 5 heteroatoms. The standard InChI is InChI=1S/C16H17N3OS/c17-11-4-3-5-12-10(11)8-18-16(19-12)14-9-21-15-7-2-1-6-13(15)20-14/h1-2,6-8,11,14H,3-5,9,17H2. The molecule has 21 heavy (non-hydrogen) atoms. The van der Waals surface area contributed by atoms with Crippen LogP contribution in [0.4, 0.5) is 0 Å². The van der Waals surface area contributed by atoms with E-state index in [1.54, 1.807) is 11.8 Å². The van der Waals surface area contributed by atoms with Crippen LogP contribution in [0, 0.1) is 0 Å². The first-order chi connectivity index (χ1) is 10.3. The van der Waals surface area contributed by atoms with Gasteiger partial charge in [-0.1, -0.05) is 12.1 Å². The third kappa shape index (κ3) is 2.40. The van der Waals surface area contributed by atoms with Crippen LogP contribution >= 0.6 is 11.8 Å². The third-order valence-electron chi connectivity index (χ3n) is 4.04. The molecule has 1 aliphatic heterocycles. The second-order valence-corrected chi connectivity index (χ2v) is 6.56. The summed E-state index contributed by atoms with van der Waals surface area (Å²) in [6.45, 7) is 0. The van der Waals surface area contributed by atoms with E-state index >= 15 is 0 Å². The summed E-state index contributed by atoms with van der Waals surface area (Å²) in [4.78, 5) is 10.4. The molecule has 0 fully saturated rings. The maximum Gasteiger partial charge on any atom is 0.170 e. The molecule has 1 aliphatic carbocycles. The van der Waals surface area contributed by atoms with Crippen molar-refractivity contribution in [2.24, 2.45) is 5.73 Å². The number of rotatable bonds is 1. The number of hydrogen-bond acceptors (Lipinski definition) is 5. The molecular weight excluding hydrogens is 282 g/mol. The van der Waals surface area contributed by atoms with E-state index in [-0.39, 0.29) is 12.1 Å². The molecule has 2 atom stereocenters. The second-order valence-electron chi connectivity index (χ2n) is 5.49. The zero-order chi connectivity index (χ0) is 14.2. The SMILES string of the molecule is NC1CCCc2nc(C3CSc4ccccc4O3)ncc21. The third-order valence-corrected chi connectivity index (χ3v) is 5.16. The van der Waals surface area contributed by atoms with Gasteiger partial charge in [-0.3, -0.25) is 0 Å². The van der Waals surface area contributed by atoms with Crippen LogP contribution in [-0.2, 0) is 6.42 Å². The maximum absolute atomic E-state index is 6.12. The smallest absolute Gasteiger partial charge is 0.170 e. The van der Waals surface area contributed by atoms with Crippen LogP contribution in [0.5, 0.6) is 5.75 Å². The molecule has 0 bridgehead atoms. The van der Waals surface area contributed by atoms with Crippen molar-refractivity contribution in [2.75, 3.05) is 5.75 Å². The number of aromatic nitrogens is 2. The normalized spacial score (nSPS) is 23.9. The topological polar surface area (TPSA) is 61.0 Å². The Balaban J connectivity index is 1.63. The minimum atomic E-state index is -0.0756. The van der Waals surface area contributed by atoms with Gasteiger partial charge in [0.1, 0.15) is 5.75 Å². The molecule has 108 valence electrons. The van der Waals surface area contributed by atoms with Gasteiger partial charge in [0.15, 0.2) is 11.9 Å². The van der Waals surface area contributed by atoms with Gasteiger partial charge >= 0.3 is 0 Å². The van der Waals surface area contributed by atoms with Gasteiger partial charge in [0.2, 0.25) is 0 Å². The van der Waals surface area contributed by atoms with E-state index in [2.05, 4.69) is 11.1 Å². The first-order valence-corrected chi connectivity index (χ1v) is 8.29. The van der Waals surface area contributed by atoms with Gasteiger partial charge in [0.25, 0.3) is 0 Å². The van der Waals surface area contributed by atoms with E-state index in [0.717, 1.165) is 47.8 Å². The zero-order valence-electron chi connectivity index (χ0n) is 11.7. The first kappa shape index (κ1) is 13.1. The Kier molecular flexibility index (Phi) is 3.31. The summed E-state index contributed by atoms with van der Waals surface area (Å²) in [7, 11) is 0. The lowest BCUT2D eigenvalue weighted by Crippen LogP contribution is -2.23. The summed E-state index contributed by atoms with van der Waals surface area (Å²) in [5.74, 6) is 2.56. The molecule has 2 N–H and O–H groups in total. The van der Waals surface area contributed by atoms with Crippen molar-refractivity contribution in [3.63, 3.8) is 0 Å². The van der Waals surface area contributed by atoms with Gasteiger partial charge in [-0.15, -0.1) is 11.8 Å². The summed E-state index contributed by atoms with van der Waals surface area (Å²) < 4.78 is 6.06. The summed E-state index contributed by atoms with van der Waals surface area (Å²) >= 11 is 1.80. The number of aryl methyl sites for hydroxylation is 1. The molecule has 0 amide bonds. The van der Waals surface area contributed by atoms with Crippen LogP contribution in [0.25, 0.3) is 0 Å². The lowest BCUT2D eigenvalue weighted by atomic mass is 9.93.